The summed E-state index contributed by atoms with van der Waals surface area (Å²) in [5.74, 6) is 0.294. The average molecular weight is 200 g/mol. The van der Waals surface area contributed by atoms with Crippen molar-refractivity contribution in [3.8, 4) is 5.75 Å². The maximum atomic E-state index is 13.6. The molecule has 0 fully saturated rings. The highest BCUT2D eigenvalue weighted by Crippen LogP contribution is 2.26. The van der Waals surface area contributed by atoms with Crippen molar-refractivity contribution in [2.45, 2.75) is 12.8 Å². The second-order valence-corrected chi connectivity index (χ2v) is 3.47. The largest absolute Gasteiger partial charge is 0.494 e. The van der Waals surface area contributed by atoms with E-state index in [0.29, 0.717) is 11.3 Å². The van der Waals surface area contributed by atoms with Crippen LogP contribution in [0.25, 0.3) is 0 Å². The van der Waals surface area contributed by atoms with E-state index in [4.69, 9.17) is 4.74 Å². The maximum Gasteiger partial charge on any atom is 0.168 e. The maximum absolute atomic E-state index is 13.6. The lowest BCUT2D eigenvalue weighted by Gasteiger charge is -2.11. The Balaban J connectivity index is 3.08. The van der Waals surface area contributed by atoms with Gasteiger partial charge in [0, 0.05) is 0 Å². The van der Waals surface area contributed by atoms with E-state index in [2.05, 4.69) is 9.24 Å². The van der Waals surface area contributed by atoms with Gasteiger partial charge in [-0.25, -0.2) is 4.39 Å². The van der Waals surface area contributed by atoms with Crippen LogP contribution in [-0.2, 0) is 0 Å². The molecule has 0 aromatic heterocycles. The van der Waals surface area contributed by atoms with E-state index >= 15 is 0 Å². The first-order valence-electron chi connectivity index (χ1n) is 4.23. The van der Waals surface area contributed by atoms with E-state index in [1.165, 1.54) is 7.11 Å². The molecule has 0 amide bonds. The summed E-state index contributed by atoms with van der Waals surface area (Å²) in [6.07, 6.45) is 0.851. The smallest absolute Gasteiger partial charge is 0.168 e. The van der Waals surface area contributed by atoms with Gasteiger partial charge in [0.1, 0.15) is 0 Å². The van der Waals surface area contributed by atoms with Crippen LogP contribution >= 0.6 is 9.24 Å². The predicted molar refractivity (Wildman–Crippen MR) is 55.9 cm³/mol. The Morgan fingerprint density at radius 3 is 2.77 bits per heavy atom. The van der Waals surface area contributed by atoms with Crippen LogP contribution in [0.1, 0.15) is 18.4 Å². The van der Waals surface area contributed by atoms with Crippen LogP contribution in [0.4, 0.5) is 4.39 Å². The summed E-state index contributed by atoms with van der Waals surface area (Å²) in [7, 11) is 4.09. The van der Waals surface area contributed by atoms with Gasteiger partial charge in [-0.15, -0.1) is 9.24 Å². The molecule has 72 valence electrons. The van der Waals surface area contributed by atoms with E-state index in [9.17, 15) is 4.39 Å². The zero-order chi connectivity index (χ0) is 9.84. The van der Waals surface area contributed by atoms with Gasteiger partial charge in [-0.2, -0.15) is 0 Å². The molecule has 0 saturated heterocycles. The molecule has 0 N–H and O–H groups in total. The molecule has 0 spiro atoms. The molecule has 2 atom stereocenters. The first kappa shape index (κ1) is 10.5. The minimum atomic E-state index is -0.236. The molecule has 0 heterocycles. The van der Waals surface area contributed by atoms with E-state index in [-0.39, 0.29) is 11.7 Å². The lowest BCUT2D eigenvalue weighted by atomic mass is 10.0. The molecular weight excluding hydrogens is 186 g/mol. The molecule has 2 unspecified atom stereocenters. The summed E-state index contributed by atoms with van der Waals surface area (Å²) in [4.78, 5) is 0. The molecule has 0 aliphatic rings. The van der Waals surface area contributed by atoms with Crippen molar-refractivity contribution in [1.82, 2.24) is 0 Å². The van der Waals surface area contributed by atoms with Crippen LogP contribution in [0, 0.1) is 5.82 Å². The highest BCUT2D eigenvalue weighted by atomic mass is 31.0. The minimum absolute atomic E-state index is 0.208. The van der Waals surface area contributed by atoms with Crippen LogP contribution in [-0.4, -0.2) is 13.3 Å². The van der Waals surface area contributed by atoms with Crippen LogP contribution in [0.3, 0.4) is 0 Å². The number of methoxy groups -OCH3 is 1. The molecule has 0 bridgehead atoms. The standard InChI is InChI=1S/C10H14FOP/c1-7(6-13)8-4-3-5-9(12-2)10(8)11/h3-5,7H,6,13H2,1-2H3. The van der Waals surface area contributed by atoms with Crippen molar-refractivity contribution < 1.29 is 9.13 Å². The number of halogens is 1. The van der Waals surface area contributed by atoms with E-state index in [1.54, 1.807) is 12.1 Å². The average Bonchev–Trinajstić information content (AvgIpc) is 2.17. The second kappa shape index (κ2) is 4.57. The number of rotatable bonds is 3. The monoisotopic (exact) mass is 200 g/mol. The van der Waals surface area contributed by atoms with Gasteiger partial charge in [0.2, 0.25) is 0 Å². The molecule has 1 rings (SSSR count). The molecule has 3 heteroatoms. The fraction of sp³-hybridized carbons (Fsp3) is 0.400. The number of benzene rings is 1. The van der Waals surface area contributed by atoms with Crippen molar-refractivity contribution in [3.63, 3.8) is 0 Å². The SMILES string of the molecule is COc1cccc(C(C)CP)c1F. The molecule has 0 aliphatic heterocycles. The predicted octanol–water partition coefficient (Wildman–Crippen LogP) is 2.81. The molecule has 0 saturated carbocycles. The Morgan fingerprint density at radius 1 is 1.54 bits per heavy atom. The lowest BCUT2D eigenvalue weighted by Crippen LogP contribution is -2.00. The summed E-state index contributed by atoms with van der Waals surface area (Å²) < 4.78 is 18.5. The van der Waals surface area contributed by atoms with Crippen LogP contribution in [0.15, 0.2) is 18.2 Å². The second-order valence-electron chi connectivity index (χ2n) is 3.00. The van der Waals surface area contributed by atoms with Crippen molar-refractivity contribution in [2.75, 3.05) is 13.3 Å². The zero-order valence-electron chi connectivity index (χ0n) is 7.88. The van der Waals surface area contributed by atoms with Crippen LogP contribution in [0.2, 0.25) is 0 Å². The topological polar surface area (TPSA) is 9.23 Å². The van der Waals surface area contributed by atoms with Crippen LogP contribution < -0.4 is 4.74 Å². The fourth-order valence-electron chi connectivity index (χ4n) is 1.19. The van der Waals surface area contributed by atoms with Crippen molar-refractivity contribution >= 4 is 9.24 Å². The molecule has 13 heavy (non-hydrogen) atoms. The highest BCUT2D eigenvalue weighted by molar-refractivity contribution is 7.16. The third kappa shape index (κ3) is 2.19. The molecule has 0 radical (unpaired) electrons. The summed E-state index contributed by atoms with van der Waals surface area (Å²) in [6, 6.07) is 5.25. The van der Waals surface area contributed by atoms with Gasteiger partial charge in [-0.1, -0.05) is 19.1 Å². The molecule has 1 aromatic rings. The van der Waals surface area contributed by atoms with Crippen molar-refractivity contribution in [1.29, 1.82) is 0 Å². The number of hydrogen-bond acceptors (Lipinski definition) is 1. The van der Waals surface area contributed by atoms with Crippen molar-refractivity contribution in [2.24, 2.45) is 0 Å². The zero-order valence-corrected chi connectivity index (χ0v) is 9.03. The minimum Gasteiger partial charge on any atom is -0.494 e. The Hall–Kier alpha value is -0.620. The van der Waals surface area contributed by atoms with Gasteiger partial charge < -0.3 is 4.74 Å². The third-order valence-electron chi connectivity index (χ3n) is 2.10. The Bertz CT molecular complexity index is 288. The van der Waals surface area contributed by atoms with E-state index in [0.717, 1.165) is 6.16 Å². The van der Waals surface area contributed by atoms with Crippen LogP contribution in [0.5, 0.6) is 5.75 Å². The first-order valence-corrected chi connectivity index (χ1v) is 5.04. The number of hydrogen-bond donors (Lipinski definition) is 0. The highest BCUT2D eigenvalue weighted by Gasteiger charge is 2.12. The molecule has 1 nitrogen and oxygen atoms in total. The quantitative estimate of drug-likeness (QED) is 0.682. The van der Waals surface area contributed by atoms with Gasteiger partial charge >= 0.3 is 0 Å². The van der Waals surface area contributed by atoms with Gasteiger partial charge in [0.15, 0.2) is 11.6 Å². The fourth-order valence-corrected chi connectivity index (χ4v) is 1.45. The summed E-state index contributed by atoms with van der Waals surface area (Å²) in [5, 5.41) is 0. The molecular formula is C10H14FOP. The lowest BCUT2D eigenvalue weighted by molar-refractivity contribution is 0.383. The summed E-state index contributed by atoms with van der Waals surface area (Å²) in [6.45, 7) is 1.99. The summed E-state index contributed by atoms with van der Waals surface area (Å²) in [5.41, 5.74) is 0.717. The molecule has 0 aliphatic carbocycles. The Kier molecular flexibility index (Phi) is 3.68. The van der Waals surface area contributed by atoms with E-state index < -0.39 is 0 Å². The molecule has 1 aromatic carbocycles. The third-order valence-corrected chi connectivity index (χ3v) is 2.80. The van der Waals surface area contributed by atoms with Crippen molar-refractivity contribution in [3.05, 3.63) is 29.6 Å². The summed E-state index contributed by atoms with van der Waals surface area (Å²) >= 11 is 0. The normalized spacial score (nSPS) is 12.6. The van der Waals surface area contributed by atoms with Gasteiger partial charge in [0.05, 0.1) is 7.11 Å². The van der Waals surface area contributed by atoms with Gasteiger partial charge in [-0.05, 0) is 23.7 Å². The Labute approximate surface area is 80.5 Å². The van der Waals surface area contributed by atoms with Gasteiger partial charge in [0.25, 0.3) is 0 Å². The van der Waals surface area contributed by atoms with E-state index in [1.807, 2.05) is 13.0 Å². The first-order chi connectivity index (χ1) is 6.20. The Morgan fingerprint density at radius 2 is 2.23 bits per heavy atom. The van der Waals surface area contributed by atoms with Gasteiger partial charge in [-0.3, -0.25) is 0 Å². The number of ether oxygens (including phenoxy) is 1.